The van der Waals surface area contributed by atoms with Gasteiger partial charge in [0.1, 0.15) is 23.4 Å². The van der Waals surface area contributed by atoms with E-state index in [4.69, 9.17) is 19.4 Å². The van der Waals surface area contributed by atoms with Crippen molar-refractivity contribution in [3.8, 4) is 17.0 Å². The minimum atomic E-state index is -1.06. The van der Waals surface area contributed by atoms with Crippen LogP contribution in [0.3, 0.4) is 0 Å². The highest BCUT2D eigenvalue weighted by Crippen LogP contribution is 2.33. The average Bonchev–Trinajstić information content (AvgIpc) is 4.32. The van der Waals surface area contributed by atoms with Gasteiger partial charge in [-0.15, -0.1) is 0 Å². The maximum absolute atomic E-state index is 14.3. The molecule has 23 heteroatoms. The third-order valence-electron chi connectivity index (χ3n) is 12.0. The van der Waals surface area contributed by atoms with Gasteiger partial charge in [-0.25, -0.2) is 18.6 Å². The molecule has 4 heterocycles. The second-order valence-corrected chi connectivity index (χ2v) is 21.9. The van der Waals surface area contributed by atoms with Crippen LogP contribution in [0.5, 0.6) is 5.88 Å². The van der Waals surface area contributed by atoms with Gasteiger partial charge in [-0.2, -0.15) is 0 Å². The number of fused-ring (bicyclic) bond motifs is 1. The number of allylic oxidation sites excluding steroid dienone is 3. The summed E-state index contributed by atoms with van der Waals surface area (Å²) in [4.78, 5) is 89.8. The number of amides is 4. The van der Waals surface area contributed by atoms with E-state index in [0.29, 0.717) is 66.7 Å². The molecule has 2 unspecified atom stereocenters. The van der Waals surface area contributed by atoms with Crippen molar-refractivity contribution in [3.63, 3.8) is 0 Å². The van der Waals surface area contributed by atoms with E-state index in [1.54, 1.807) is 29.4 Å². The van der Waals surface area contributed by atoms with Gasteiger partial charge < -0.3 is 39.9 Å². The molecular weight excluding hydrogens is 1130 g/mol. The Balaban J connectivity index is 0.000000867. The highest BCUT2D eigenvalue weighted by molar-refractivity contribution is 8.76. The predicted octanol–water partition coefficient (Wildman–Crippen LogP) is 8.76. The molecule has 2 aliphatic rings. The summed E-state index contributed by atoms with van der Waals surface area (Å²) in [6.07, 6.45) is 9.89. The number of benzene rings is 3. The topological polar surface area (TPSA) is 256 Å². The summed E-state index contributed by atoms with van der Waals surface area (Å²) in [5.74, 6) is -2.42. The summed E-state index contributed by atoms with van der Waals surface area (Å²) in [6.45, 7) is 18.5. The number of rotatable bonds is 23. The van der Waals surface area contributed by atoms with Gasteiger partial charge in [-0.1, -0.05) is 97.5 Å². The first-order valence-corrected chi connectivity index (χ1v) is 29.5. The Labute approximate surface area is 493 Å². The Morgan fingerprint density at radius 1 is 0.964 bits per heavy atom. The summed E-state index contributed by atoms with van der Waals surface area (Å²) in [6, 6.07) is 19.0. The van der Waals surface area contributed by atoms with Gasteiger partial charge in [-0.05, 0) is 108 Å². The summed E-state index contributed by atoms with van der Waals surface area (Å²) in [5.41, 5.74) is 6.90. The van der Waals surface area contributed by atoms with E-state index < -0.39 is 35.5 Å². The molecular formula is C60H69F2N7O11S3. The number of carbonyl (C=O) groups excluding carboxylic acids is 5. The lowest BCUT2D eigenvalue weighted by atomic mass is 9.99. The first-order chi connectivity index (χ1) is 39.8. The summed E-state index contributed by atoms with van der Waals surface area (Å²) in [7, 11) is 4.33. The highest BCUT2D eigenvalue weighted by atomic mass is 33.1. The van der Waals surface area contributed by atoms with E-state index in [-0.39, 0.29) is 60.2 Å². The number of halogens is 2. The number of aliphatic carboxylic acids is 1. The molecule has 3 aromatic carbocycles. The van der Waals surface area contributed by atoms with E-state index in [1.807, 2.05) is 61.5 Å². The Morgan fingerprint density at radius 2 is 1.71 bits per heavy atom. The number of imide groups is 1. The first kappa shape index (κ1) is 67.6. The minimum Gasteiger partial charge on any atom is -0.483 e. The number of hydrogen-bond donors (Lipinski definition) is 6. The molecule has 1 saturated heterocycles. The van der Waals surface area contributed by atoms with Crippen LogP contribution in [-0.2, 0) is 53.2 Å². The van der Waals surface area contributed by atoms with Crippen LogP contribution in [0.4, 0.5) is 14.5 Å². The monoisotopic (exact) mass is 1200 g/mol. The summed E-state index contributed by atoms with van der Waals surface area (Å²) in [5, 5.41) is 26.2. The van der Waals surface area contributed by atoms with Crippen molar-refractivity contribution in [3.05, 3.63) is 160 Å². The molecule has 2 aliphatic heterocycles. The van der Waals surface area contributed by atoms with Crippen LogP contribution in [-0.4, -0.2) is 104 Å². The van der Waals surface area contributed by atoms with Crippen LogP contribution >= 0.6 is 33.5 Å². The Kier molecular flexibility index (Phi) is 28.7. The predicted molar refractivity (Wildman–Crippen MR) is 321 cm³/mol. The quantitative estimate of drug-likeness (QED) is 0.0155. The van der Waals surface area contributed by atoms with Crippen LogP contribution in [0.1, 0.15) is 99.5 Å². The second kappa shape index (κ2) is 35.2. The zero-order valence-electron chi connectivity index (χ0n) is 47.1. The lowest BCUT2D eigenvalue weighted by Crippen LogP contribution is -2.38. The fourth-order valence-corrected chi connectivity index (χ4v) is 10.6. The van der Waals surface area contributed by atoms with Crippen LogP contribution in [0.15, 0.2) is 115 Å². The zero-order chi connectivity index (χ0) is 61.0. The SMILES string of the molecule is C=C(CCC(=O)NC(=O)c1cccc2c1CN(C(C)=O)C2)NC(CSSCCOCc1ccc(C(/C=C\C)=c2\cc(-c3cnc(OC)c(NSc4ccc(F)cc4F)c3)ccc2=C)cn1)C(=O)O.CC(=O)C1CCC(=O)N1.CCC.O=CO. The fraction of sp³-hybridized carbons (Fsp3) is 0.317. The fourth-order valence-electron chi connectivity index (χ4n) is 7.93. The number of carbonyl (C=O) groups is 7. The number of methoxy groups -OCH3 is 1. The van der Waals surface area contributed by atoms with Crippen molar-refractivity contribution < 1.29 is 62.0 Å². The largest absolute Gasteiger partial charge is 0.483 e. The standard InChI is InChI=1S/C50H50F2N6O7S3.C6H9NO2.C3H8.CH2O2/c1-6-8-39(41-21-33(13-11-30(41)2)36-22-44(49(64-5)54-25-36)57-68-46-17-15-37(51)23-43(46)52)34-14-16-38(53-24-34)28-65-19-20-66-67-29-45(50(62)63)55-31(3)12-18-47(60)56-48(61)40-10-7-9-35-26-58(32(4)59)27-42(35)40;1-4(8)5-2-3-6(9)7-5;1-3-2;2-1-3/h6-11,13-17,21-25,45,55,57H,2-3,12,18-20,26-29H2,1,4-5H3,(H,62,63)(H,56,60,61);5H,2-3H2,1H3,(H,7,9);3H2,1-2H3;1H,(H,2,3)/b8-6-,41-39+;;;. The maximum atomic E-state index is 14.3. The van der Waals surface area contributed by atoms with Crippen LogP contribution in [0.2, 0.25) is 0 Å². The average molecular weight is 1200 g/mol. The Morgan fingerprint density at radius 3 is 2.33 bits per heavy atom. The maximum Gasteiger partial charge on any atom is 0.327 e. The lowest BCUT2D eigenvalue weighted by Gasteiger charge is -2.17. The number of ketones is 1. The van der Waals surface area contributed by atoms with E-state index >= 15 is 0 Å². The van der Waals surface area contributed by atoms with Gasteiger partial charge in [-0.3, -0.25) is 39.1 Å². The van der Waals surface area contributed by atoms with Crippen molar-refractivity contribution in [1.29, 1.82) is 0 Å². The van der Waals surface area contributed by atoms with Gasteiger partial charge >= 0.3 is 5.97 Å². The molecule has 2 atom stereocenters. The second-order valence-electron chi connectivity index (χ2n) is 18.5. The molecule has 0 saturated carbocycles. The molecule has 5 aromatic rings. The first-order valence-electron chi connectivity index (χ1n) is 26.2. The number of nitrogens with zero attached hydrogens (tertiary/aromatic N) is 3. The third-order valence-corrected chi connectivity index (χ3v) is 15.3. The molecule has 6 N–H and O–H groups in total. The third kappa shape index (κ3) is 21.8. The number of aromatic nitrogens is 2. The Bertz CT molecular complexity index is 3240. The van der Waals surface area contributed by atoms with Crippen molar-refractivity contribution >= 4 is 93.2 Å². The van der Waals surface area contributed by atoms with Gasteiger partial charge in [0, 0.05) is 85.2 Å². The van der Waals surface area contributed by atoms with E-state index in [0.717, 1.165) is 62.0 Å². The number of carboxylic acid groups (broad SMARTS) is 2. The molecule has 18 nitrogen and oxygen atoms in total. The van der Waals surface area contributed by atoms with Gasteiger partial charge in [0.25, 0.3) is 12.4 Å². The van der Waals surface area contributed by atoms with E-state index in [9.17, 15) is 42.7 Å². The van der Waals surface area contributed by atoms with Crippen LogP contribution in [0.25, 0.3) is 23.3 Å². The normalized spacial score (nSPS) is 13.7. The number of anilines is 1. The molecule has 4 amide bonds. The zero-order valence-corrected chi connectivity index (χ0v) is 49.5. The van der Waals surface area contributed by atoms with Crippen molar-refractivity contribution in [2.45, 2.75) is 103 Å². The molecule has 0 spiro atoms. The molecule has 83 heavy (non-hydrogen) atoms. The molecule has 0 radical (unpaired) electrons. The number of nitrogens with one attached hydrogen (secondary N) is 4. The molecule has 1 fully saturated rings. The number of carboxylic acids is 1. The van der Waals surface area contributed by atoms with E-state index in [1.165, 1.54) is 61.1 Å². The summed E-state index contributed by atoms with van der Waals surface area (Å²) < 4.78 is 42.2. The van der Waals surface area contributed by atoms with Crippen molar-refractivity contribution in [2.24, 2.45) is 0 Å². The smallest absolute Gasteiger partial charge is 0.327 e. The van der Waals surface area contributed by atoms with Gasteiger partial charge in [0.2, 0.25) is 23.6 Å². The number of hydrogen-bond acceptors (Lipinski definition) is 16. The van der Waals surface area contributed by atoms with Crippen molar-refractivity contribution in [2.75, 3.05) is 29.9 Å². The minimum absolute atomic E-state index is 0.00444. The molecule has 442 valence electrons. The molecule has 7 rings (SSSR count). The Hall–Kier alpha value is -7.86. The molecule has 2 aromatic heterocycles. The summed E-state index contributed by atoms with van der Waals surface area (Å²) >= 11 is 0.979. The molecule has 0 bridgehead atoms. The number of pyridine rings is 2. The van der Waals surface area contributed by atoms with Crippen LogP contribution < -0.4 is 35.8 Å². The van der Waals surface area contributed by atoms with Crippen LogP contribution in [0, 0.1) is 11.6 Å². The number of ether oxygens (including phenoxy) is 2. The lowest BCUT2D eigenvalue weighted by molar-refractivity contribution is -0.138. The molecule has 0 aliphatic carbocycles. The van der Waals surface area contributed by atoms with Gasteiger partial charge in [0.15, 0.2) is 5.78 Å². The van der Waals surface area contributed by atoms with Crippen molar-refractivity contribution in [1.82, 2.24) is 30.8 Å². The van der Waals surface area contributed by atoms with E-state index in [2.05, 4.69) is 57.6 Å². The number of Topliss-reactive ketones (excluding diaryl/α,β-unsaturated/α-hetero) is 1. The highest BCUT2D eigenvalue weighted by Gasteiger charge is 2.27. The van der Waals surface area contributed by atoms with Gasteiger partial charge in [0.05, 0.1) is 37.0 Å².